The molecule has 0 saturated carbocycles. The summed E-state index contributed by atoms with van der Waals surface area (Å²) in [4.78, 5) is 3.33. The minimum Gasteiger partial charge on any atom is -0.323 e. The molecule has 0 aliphatic carbocycles. The van der Waals surface area contributed by atoms with E-state index in [2.05, 4.69) is 30.7 Å². The molecule has 0 radical (unpaired) electrons. The van der Waals surface area contributed by atoms with E-state index in [1.165, 1.54) is 0 Å². The number of rotatable bonds is 3. The molecule has 1 unspecified atom stereocenters. The Bertz CT molecular complexity index is 132. The summed E-state index contributed by atoms with van der Waals surface area (Å²) in [6.45, 7) is 8.63. The molecule has 1 atom stereocenters. The van der Waals surface area contributed by atoms with Crippen molar-refractivity contribution in [2.24, 2.45) is 0 Å². The zero-order valence-corrected chi connectivity index (χ0v) is 8.23. The van der Waals surface area contributed by atoms with Crippen molar-refractivity contribution in [3.63, 3.8) is 0 Å². The van der Waals surface area contributed by atoms with Crippen molar-refractivity contribution in [1.29, 1.82) is 5.26 Å². The molecule has 0 amide bonds. The number of hydrogen-bond acceptors (Lipinski definition) is 2. The normalized spacial score (nSPS) is 14.3. The Morgan fingerprint density at radius 2 is 2.00 bits per heavy atom. The first kappa shape index (κ1) is 9.67. The van der Waals surface area contributed by atoms with Crippen LogP contribution in [0, 0.1) is 11.3 Å². The van der Waals surface area contributed by atoms with Crippen molar-refractivity contribution in [1.82, 2.24) is 4.98 Å². The maximum atomic E-state index is 8.60. The molecule has 0 aliphatic rings. The monoisotopic (exact) mass is 156 g/mol. The van der Waals surface area contributed by atoms with Crippen molar-refractivity contribution < 1.29 is 0 Å². The highest BCUT2D eigenvalue weighted by Crippen LogP contribution is 1.98. The van der Waals surface area contributed by atoms with Crippen LogP contribution in [0.25, 0.3) is 0 Å². The molecule has 0 aromatic rings. The van der Waals surface area contributed by atoms with Gasteiger partial charge in [0.05, 0.1) is 12.1 Å². The predicted octanol–water partition coefficient (Wildman–Crippen LogP) is 1.71. The number of nitrogens with one attached hydrogen (secondary N) is 1. The summed E-state index contributed by atoms with van der Waals surface area (Å²) >= 11 is 0. The van der Waals surface area contributed by atoms with Gasteiger partial charge in [0.15, 0.2) is 0 Å². The van der Waals surface area contributed by atoms with E-state index in [0.717, 1.165) is 6.42 Å². The molecule has 0 aliphatic heterocycles. The smallest absolute Gasteiger partial charge is 0.117 e. The van der Waals surface area contributed by atoms with Gasteiger partial charge in [-0.2, -0.15) is 5.26 Å². The van der Waals surface area contributed by atoms with Crippen LogP contribution >= 0.6 is 0 Å². The van der Waals surface area contributed by atoms with E-state index >= 15 is 0 Å². The largest absolute Gasteiger partial charge is 0.323 e. The average Bonchev–Trinajstić information content (AvgIpc) is 1.81. The van der Waals surface area contributed by atoms with Crippen molar-refractivity contribution in [3.05, 3.63) is 0 Å². The van der Waals surface area contributed by atoms with Crippen LogP contribution < -0.4 is 4.98 Å². The van der Waals surface area contributed by atoms with Gasteiger partial charge in [-0.3, -0.25) is 0 Å². The third kappa shape index (κ3) is 4.54. The van der Waals surface area contributed by atoms with E-state index in [0.29, 0.717) is 0 Å². The van der Waals surface area contributed by atoms with Crippen molar-refractivity contribution in [2.75, 3.05) is 0 Å². The van der Waals surface area contributed by atoms with Crippen LogP contribution in [-0.2, 0) is 0 Å². The van der Waals surface area contributed by atoms with Gasteiger partial charge in [0, 0.05) is 0 Å². The van der Waals surface area contributed by atoms with Crippen LogP contribution in [0.1, 0.15) is 13.3 Å². The maximum absolute atomic E-state index is 8.60. The third-order valence-electron chi connectivity index (χ3n) is 1.17. The third-order valence-corrected chi connectivity index (χ3v) is 2.39. The standard InChI is InChI=1S/C7H16N2Si/c1-5-7(6-8)9-10(2,3)4/h7,9H,5H2,1-4H3. The van der Waals surface area contributed by atoms with Gasteiger partial charge >= 0.3 is 0 Å². The van der Waals surface area contributed by atoms with Gasteiger partial charge in [0.1, 0.15) is 8.24 Å². The summed E-state index contributed by atoms with van der Waals surface area (Å²) in [6, 6.07) is 2.29. The van der Waals surface area contributed by atoms with Gasteiger partial charge in [0.25, 0.3) is 0 Å². The summed E-state index contributed by atoms with van der Waals surface area (Å²) in [5.41, 5.74) is 0. The Morgan fingerprint density at radius 3 is 2.10 bits per heavy atom. The fourth-order valence-corrected chi connectivity index (χ4v) is 2.06. The molecule has 0 heterocycles. The predicted molar refractivity (Wildman–Crippen MR) is 46.2 cm³/mol. The minimum absolute atomic E-state index is 0.0617. The molecule has 0 aromatic carbocycles. The highest BCUT2D eigenvalue weighted by Gasteiger charge is 2.16. The van der Waals surface area contributed by atoms with Crippen LogP contribution in [0.2, 0.25) is 19.6 Å². The Kier molecular flexibility index (Phi) is 3.62. The molecule has 0 bridgehead atoms. The first-order valence-electron chi connectivity index (χ1n) is 3.67. The van der Waals surface area contributed by atoms with E-state index < -0.39 is 8.24 Å². The van der Waals surface area contributed by atoms with Gasteiger partial charge < -0.3 is 4.98 Å². The molecule has 0 saturated heterocycles. The van der Waals surface area contributed by atoms with E-state index in [1.807, 2.05) is 6.92 Å². The second-order valence-electron chi connectivity index (χ2n) is 3.48. The Hall–Kier alpha value is -0.333. The van der Waals surface area contributed by atoms with Gasteiger partial charge in [0.2, 0.25) is 0 Å². The first-order chi connectivity index (χ1) is 4.49. The number of nitriles is 1. The van der Waals surface area contributed by atoms with E-state index in [9.17, 15) is 0 Å². The van der Waals surface area contributed by atoms with Crippen LogP contribution in [-0.4, -0.2) is 14.3 Å². The molecular formula is C7H16N2Si. The van der Waals surface area contributed by atoms with Crippen LogP contribution in [0.15, 0.2) is 0 Å². The zero-order chi connectivity index (χ0) is 8.20. The summed E-state index contributed by atoms with van der Waals surface area (Å²) in [7, 11) is -1.23. The molecule has 0 aromatic heterocycles. The molecular weight excluding hydrogens is 140 g/mol. The summed E-state index contributed by atoms with van der Waals surface area (Å²) in [6.07, 6.45) is 0.904. The Morgan fingerprint density at radius 1 is 1.50 bits per heavy atom. The van der Waals surface area contributed by atoms with Crippen LogP contribution in [0.4, 0.5) is 0 Å². The van der Waals surface area contributed by atoms with Gasteiger partial charge in [-0.1, -0.05) is 26.6 Å². The van der Waals surface area contributed by atoms with Gasteiger partial charge in [-0.05, 0) is 6.42 Å². The lowest BCUT2D eigenvalue weighted by Crippen LogP contribution is -2.47. The van der Waals surface area contributed by atoms with Crippen molar-refractivity contribution in [3.8, 4) is 6.07 Å². The highest BCUT2D eigenvalue weighted by atomic mass is 28.3. The summed E-state index contributed by atoms with van der Waals surface area (Å²) in [5, 5.41) is 8.60. The second kappa shape index (κ2) is 3.74. The summed E-state index contributed by atoms with van der Waals surface area (Å²) < 4.78 is 0. The first-order valence-corrected chi connectivity index (χ1v) is 7.17. The second-order valence-corrected chi connectivity index (χ2v) is 8.27. The average molecular weight is 156 g/mol. The molecule has 0 spiro atoms. The quantitative estimate of drug-likeness (QED) is 0.631. The Labute approximate surface area is 64.3 Å². The van der Waals surface area contributed by atoms with Gasteiger partial charge in [-0.25, -0.2) is 0 Å². The maximum Gasteiger partial charge on any atom is 0.117 e. The number of hydrogen-bond donors (Lipinski definition) is 1. The van der Waals surface area contributed by atoms with Gasteiger partial charge in [-0.15, -0.1) is 0 Å². The lowest BCUT2D eigenvalue weighted by Gasteiger charge is -2.21. The molecule has 2 nitrogen and oxygen atoms in total. The van der Waals surface area contributed by atoms with Crippen molar-refractivity contribution >= 4 is 8.24 Å². The van der Waals surface area contributed by atoms with Crippen molar-refractivity contribution in [2.45, 2.75) is 39.0 Å². The van der Waals surface area contributed by atoms with Crippen LogP contribution in [0.5, 0.6) is 0 Å². The van der Waals surface area contributed by atoms with Crippen LogP contribution in [0.3, 0.4) is 0 Å². The van der Waals surface area contributed by atoms with E-state index in [-0.39, 0.29) is 6.04 Å². The molecule has 1 N–H and O–H groups in total. The Balaban J connectivity index is 3.78. The minimum atomic E-state index is -1.23. The zero-order valence-electron chi connectivity index (χ0n) is 7.23. The molecule has 0 rings (SSSR count). The molecule has 58 valence electrons. The van der Waals surface area contributed by atoms with E-state index in [1.54, 1.807) is 0 Å². The lowest BCUT2D eigenvalue weighted by molar-refractivity contribution is 0.716. The SMILES string of the molecule is CCC(C#N)N[Si](C)(C)C. The number of nitrogens with zero attached hydrogens (tertiary/aromatic N) is 1. The molecule has 10 heavy (non-hydrogen) atoms. The van der Waals surface area contributed by atoms with E-state index in [4.69, 9.17) is 5.26 Å². The topological polar surface area (TPSA) is 35.8 Å². The molecule has 0 fully saturated rings. The summed E-state index contributed by atoms with van der Waals surface area (Å²) in [5.74, 6) is 0. The molecule has 3 heteroatoms. The highest BCUT2D eigenvalue weighted by molar-refractivity contribution is 6.73. The lowest BCUT2D eigenvalue weighted by atomic mass is 10.3. The fraction of sp³-hybridized carbons (Fsp3) is 0.857. The fourth-order valence-electron chi connectivity index (χ4n) is 0.748.